The molecule has 3 aliphatic heterocycles. The molecule has 4 aromatic rings. The van der Waals surface area contributed by atoms with E-state index in [1.807, 2.05) is 0 Å². The molecule has 21 nitrogen and oxygen atoms in total. The molecule has 8 N–H and O–H groups in total. The van der Waals surface area contributed by atoms with Gasteiger partial charge in [0.2, 0.25) is 5.95 Å². The molecule has 4 fully saturated rings. The van der Waals surface area contributed by atoms with E-state index in [-0.39, 0.29) is 34.9 Å². The summed E-state index contributed by atoms with van der Waals surface area (Å²) in [5.41, 5.74) is 1.71. The number of nitrogens with one attached hydrogen (secondary N) is 2. The van der Waals surface area contributed by atoms with Crippen LogP contribution >= 0.6 is 7.82 Å². The first-order valence-electron chi connectivity index (χ1n) is 12.8. The van der Waals surface area contributed by atoms with Crippen molar-refractivity contribution in [3.8, 4) is 0 Å². The molecule has 1 aliphatic carbocycles. The maximum Gasteiger partial charge on any atom is 0.472 e. The Labute approximate surface area is 236 Å². The third-order valence-corrected chi connectivity index (χ3v) is 9.28. The lowest BCUT2D eigenvalue weighted by molar-refractivity contribution is -0.156. The molecule has 10 atom stereocenters. The van der Waals surface area contributed by atoms with E-state index in [1.54, 1.807) is 0 Å². The van der Waals surface area contributed by atoms with Crippen molar-refractivity contribution >= 4 is 36.1 Å². The van der Waals surface area contributed by atoms with Crippen LogP contribution in [0.3, 0.4) is 0 Å². The fourth-order valence-electron chi connectivity index (χ4n) is 6.13. The zero-order chi connectivity index (χ0) is 30.1. The van der Waals surface area contributed by atoms with Crippen LogP contribution in [0.1, 0.15) is 12.5 Å². The third kappa shape index (κ3) is 3.50. The van der Waals surface area contributed by atoms with Gasteiger partial charge in [0, 0.05) is 0 Å². The number of hydrogen-bond donors (Lipinski definition) is 7. The zero-order valence-electron chi connectivity index (χ0n) is 21.5. The number of phosphoric ester groups is 1. The maximum atomic E-state index is 13.2. The Bertz CT molecular complexity index is 1960. The van der Waals surface area contributed by atoms with E-state index in [0.29, 0.717) is 0 Å². The van der Waals surface area contributed by atoms with Crippen LogP contribution in [0, 0.1) is 0 Å². The van der Waals surface area contributed by atoms with E-state index in [9.17, 15) is 34.4 Å². The van der Waals surface area contributed by atoms with Gasteiger partial charge in [-0.15, -0.1) is 0 Å². The number of aromatic amines is 2. The third-order valence-electron chi connectivity index (χ3n) is 8.31. The van der Waals surface area contributed by atoms with Crippen LogP contribution in [0.4, 0.5) is 5.95 Å². The number of nitrogens with two attached hydrogens (primary N) is 1. The van der Waals surface area contributed by atoms with Crippen molar-refractivity contribution < 1.29 is 48.0 Å². The first kappa shape index (κ1) is 27.0. The lowest BCUT2D eigenvalue weighted by Gasteiger charge is -2.31. The van der Waals surface area contributed by atoms with Gasteiger partial charge < -0.3 is 45.1 Å². The van der Waals surface area contributed by atoms with Gasteiger partial charge in [-0.25, -0.2) is 19.5 Å². The van der Waals surface area contributed by atoms with Gasteiger partial charge in [0.1, 0.15) is 30.5 Å². The Morgan fingerprint density at radius 1 is 1.07 bits per heavy atom. The average molecular weight is 623 g/mol. The molecule has 3 unspecified atom stereocenters. The summed E-state index contributed by atoms with van der Waals surface area (Å²) in [7, 11) is -5.03. The largest absolute Gasteiger partial charge is 0.472 e. The minimum Gasteiger partial charge on any atom is -0.387 e. The monoisotopic (exact) mass is 623 g/mol. The van der Waals surface area contributed by atoms with Gasteiger partial charge in [0.05, 0.1) is 32.2 Å². The van der Waals surface area contributed by atoms with E-state index in [4.69, 9.17) is 29.0 Å². The van der Waals surface area contributed by atoms with Crippen LogP contribution in [0.2, 0.25) is 0 Å². The van der Waals surface area contributed by atoms with Gasteiger partial charge in [0.25, 0.3) is 11.1 Å². The molecule has 3 saturated heterocycles. The predicted octanol–water partition coefficient (Wildman–Crippen LogP) is -3.63. The molecule has 1 saturated carbocycles. The molecule has 0 radical (unpaired) electrons. The lowest BCUT2D eigenvalue weighted by Crippen LogP contribution is -2.48. The van der Waals surface area contributed by atoms with E-state index >= 15 is 0 Å². The molecular weight excluding hydrogens is 601 g/mol. The lowest BCUT2D eigenvalue weighted by atomic mass is 10.1. The number of anilines is 1. The predicted molar refractivity (Wildman–Crippen MR) is 135 cm³/mol. The van der Waals surface area contributed by atoms with Crippen molar-refractivity contribution in [2.24, 2.45) is 0 Å². The molecule has 0 aromatic carbocycles. The van der Waals surface area contributed by atoms with Gasteiger partial charge in [0.15, 0.2) is 46.0 Å². The summed E-state index contributed by atoms with van der Waals surface area (Å²) in [5, 5.41) is 31.8. The maximum absolute atomic E-state index is 13.2. The van der Waals surface area contributed by atoms with Crippen molar-refractivity contribution in [3.05, 3.63) is 39.7 Å². The van der Waals surface area contributed by atoms with Gasteiger partial charge >= 0.3 is 7.82 Å². The average Bonchev–Trinajstić information content (AvgIpc) is 3.55. The van der Waals surface area contributed by atoms with Crippen molar-refractivity contribution in [2.75, 3.05) is 18.9 Å². The highest BCUT2D eigenvalue weighted by molar-refractivity contribution is 7.47. The Morgan fingerprint density at radius 2 is 1.79 bits per heavy atom. The summed E-state index contributed by atoms with van der Waals surface area (Å²) >= 11 is 0. The summed E-state index contributed by atoms with van der Waals surface area (Å²) in [5.74, 6) is -0.214. The molecule has 7 heterocycles. The van der Waals surface area contributed by atoms with Crippen LogP contribution < -0.4 is 16.9 Å². The Hall–Kier alpha value is -3.63. The highest BCUT2D eigenvalue weighted by atomic mass is 31.2. The van der Waals surface area contributed by atoms with E-state index in [2.05, 4.69) is 29.9 Å². The van der Waals surface area contributed by atoms with Crippen molar-refractivity contribution in [3.63, 3.8) is 0 Å². The minimum absolute atomic E-state index is 0.0115. The number of fused-ring (bicyclic) bond motifs is 2. The molecule has 0 spiro atoms. The molecule has 0 bridgehead atoms. The number of H-pyrrole nitrogens is 2. The second kappa shape index (κ2) is 8.72. The fourth-order valence-corrected chi connectivity index (χ4v) is 7.07. The molecule has 4 aromatic heterocycles. The summed E-state index contributed by atoms with van der Waals surface area (Å²) in [6, 6.07) is 0. The topological polar surface area (TPSA) is 297 Å². The minimum atomic E-state index is -5.03. The van der Waals surface area contributed by atoms with Gasteiger partial charge in [-0.3, -0.25) is 32.8 Å². The second-order valence-corrected chi connectivity index (χ2v) is 12.0. The second-order valence-electron chi connectivity index (χ2n) is 10.5. The number of nitrogen functional groups attached to an aromatic ring is 1. The van der Waals surface area contributed by atoms with E-state index < -0.39 is 79.7 Å². The summed E-state index contributed by atoms with van der Waals surface area (Å²) in [6.07, 6.45) is -6.13. The first-order chi connectivity index (χ1) is 20.5. The van der Waals surface area contributed by atoms with Crippen LogP contribution in [-0.4, -0.2) is 114 Å². The van der Waals surface area contributed by atoms with Crippen LogP contribution in [0.15, 0.2) is 28.6 Å². The molecular formula is C21H22N9O12P. The molecule has 0 amide bonds. The van der Waals surface area contributed by atoms with Gasteiger partial charge in [-0.1, -0.05) is 0 Å². The molecule has 8 rings (SSSR count). The quantitative estimate of drug-likeness (QED) is 0.0977. The standard InChI is InChI=1S/C21H22N9O12P/c22-19-27-13-8(15(34)28-19)26-5-30(13)17-11(21-18(35)20(21,41-17)2-38-21)42-43(36,37)39-1-6-9(31)10(32)16(40-6)29-4-25-7-12(29)23-3-24-14(7)33/h3-6,9-11,16-18,31-32,35H,1-2H2,(H,36,37)(H,23,24,33)(H3,22,27,28,34)/t6-,9-,10-,11?,16-,17-,18?,20-,21-/m1/s1. The SMILES string of the molecule is Nc1nc2c(ncn2[C@@H]2O[C@@]34CO[C@]3(C2OP(=O)(O)OC[C@H]2O[C@@H](n3cnc5c(=O)[nH]cnc53)[C@H](O)[C@@H]2O)C4O)c(=O)[nH]1. The van der Waals surface area contributed by atoms with E-state index in [1.165, 1.54) is 21.8 Å². The number of imidazole rings is 2. The van der Waals surface area contributed by atoms with Crippen LogP contribution in [0.25, 0.3) is 22.3 Å². The summed E-state index contributed by atoms with van der Waals surface area (Å²) < 4.78 is 43.7. The summed E-state index contributed by atoms with van der Waals surface area (Å²) in [4.78, 5) is 55.7. The normalized spacial score (nSPS) is 37.7. The number of aliphatic hydroxyl groups excluding tert-OH is 3. The Kier molecular flexibility index (Phi) is 5.47. The highest BCUT2D eigenvalue weighted by Gasteiger charge is 2.95. The number of aromatic nitrogens is 8. The van der Waals surface area contributed by atoms with E-state index in [0.717, 1.165) is 6.33 Å². The van der Waals surface area contributed by atoms with Gasteiger partial charge in [-0.05, 0) is 0 Å². The van der Waals surface area contributed by atoms with Crippen molar-refractivity contribution in [2.45, 2.75) is 54.2 Å². The van der Waals surface area contributed by atoms with Gasteiger partial charge in [-0.2, -0.15) is 4.98 Å². The van der Waals surface area contributed by atoms with Crippen molar-refractivity contribution in [1.82, 2.24) is 39.0 Å². The molecule has 43 heavy (non-hydrogen) atoms. The number of phosphoric acid groups is 1. The first-order valence-corrected chi connectivity index (χ1v) is 14.3. The Balaban J connectivity index is 1.03. The number of ether oxygens (including phenoxy) is 3. The number of aliphatic hydroxyl groups is 3. The Morgan fingerprint density at radius 3 is 2.51 bits per heavy atom. The zero-order valence-corrected chi connectivity index (χ0v) is 22.3. The van der Waals surface area contributed by atoms with Crippen LogP contribution in [0.5, 0.6) is 0 Å². The molecule has 22 heteroatoms. The molecule has 4 aliphatic rings. The highest BCUT2D eigenvalue weighted by Crippen LogP contribution is 2.73. The number of rotatable bonds is 7. The smallest absolute Gasteiger partial charge is 0.387 e. The summed E-state index contributed by atoms with van der Waals surface area (Å²) in [6.45, 7) is -0.765. The molecule has 228 valence electrons. The number of nitrogens with zero attached hydrogens (tertiary/aromatic N) is 6. The van der Waals surface area contributed by atoms with Crippen LogP contribution in [-0.2, 0) is 27.8 Å². The van der Waals surface area contributed by atoms with Crippen molar-refractivity contribution in [1.29, 1.82) is 0 Å². The number of hydrogen-bond acceptors (Lipinski definition) is 16. The fraction of sp³-hybridized carbons (Fsp3) is 0.524.